The van der Waals surface area contributed by atoms with Gasteiger partial charge in [0.05, 0.1) is 0 Å². The molecule has 1 aliphatic rings. The van der Waals surface area contributed by atoms with E-state index in [0.29, 0.717) is 17.7 Å². The molecule has 0 spiro atoms. The second-order valence-electron chi connectivity index (χ2n) is 4.90. The summed E-state index contributed by atoms with van der Waals surface area (Å²) in [5, 5.41) is 11.0. The van der Waals surface area contributed by atoms with Crippen LogP contribution in [-0.2, 0) is 0 Å². The molecule has 0 radical (unpaired) electrons. The van der Waals surface area contributed by atoms with Gasteiger partial charge in [-0.05, 0) is 37.9 Å². The summed E-state index contributed by atoms with van der Waals surface area (Å²) in [6.45, 7) is 3.78. The van der Waals surface area contributed by atoms with E-state index >= 15 is 0 Å². The number of H-pyrrole nitrogens is 1. The van der Waals surface area contributed by atoms with Gasteiger partial charge in [-0.3, -0.25) is 0 Å². The number of aromatic nitrogens is 2. The molecule has 7 nitrogen and oxygen atoms in total. The van der Waals surface area contributed by atoms with Crippen LogP contribution < -0.4 is 4.90 Å². The molecular weight excluding hydrogens is 234 g/mol. The third-order valence-corrected chi connectivity index (χ3v) is 3.54. The molecule has 1 N–H and O–H groups in total. The average Bonchev–Trinajstić information content (AvgIpc) is 2.71. The Morgan fingerprint density at radius 1 is 1.50 bits per heavy atom. The molecule has 0 aromatic carbocycles. The molecule has 0 bridgehead atoms. The topological polar surface area (TPSA) is 78.3 Å². The minimum absolute atomic E-state index is 0.00562. The standard InChI is InChI=1S/C11H19N5O2/c1-8-12-10(11(13-8)16(17)18)15(3)9-4-6-14(2)7-5-9/h9H,4-7H2,1-3H3,(H,12,13). The number of piperidine rings is 1. The van der Waals surface area contributed by atoms with Crippen molar-refractivity contribution in [3.05, 3.63) is 15.9 Å². The number of anilines is 1. The first-order valence-corrected chi connectivity index (χ1v) is 6.11. The molecule has 0 saturated carbocycles. The number of hydrogen-bond donors (Lipinski definition) is 1. The minimum atomic E-state index is -0.402. The molecule has 100 valence electrons. The van der Waals surface area contributed by atoms with Gasteiger partial charge in [-0.2, -0.15) is 4.98 Å². The molecule has 1 aromatic heterocycles. The van der Waals surface area contributed by atoms with E-state index in [1.807, 2.05) is 11.9 Å². The van der Waals surface area contributed by atoms with E-state index in [2.05, 4.69) is 21.9 Å². The van der Waals surface area contributed by atoms with Crippen molar-refractivity contribution in [3.63, 3.8) is 0 Å². The molecule has 1 fully saturated rings. The third-order valence-electron chi connectivity index (χ3n) is 3.54. The van der Waals surface area contributed by atoms with Gasteiger partial charge in [-0.25, -0.2) is 4.98 Å². The van der Waals surface area contributed by atoms with Crippen molar-refractivity contribution in [2.45, 2.75) is 25.8 Å². The van der Waals surface area contributed by atoms with Crippen molar-refractivity contribution in [1.82, 2.24) is 14.9 Å². The number of hydrogen-bond acceptors (Lipinski definition) is 5. The number of likely N-dealkylation sites (tertiary alicyclic amines) is 1. The second kappa shape index (κ2) is 4.93. The first-order chi connectivity index (χ1) is 8.49. The van der Waals surface area contributed by atoms with Crippen molar-refractivity contribution in [2.24, 2.45) is 0 Å². The van der Waals surface area contributed by atoms with E-state index in [0.717, 1.165) is 25.9 Å². The normalized spacial score (nSPS) is 17.9. The molecule has 1 aromatic rings. The van der Waals surface area contributed by atoms with Crippen LogP contribution in [0.2, 0.25) is 0 Å². The molecule has 2 rings (SSSR count). The first-order valence-electron chi connectivity index (χ1n) is 6.11. The molecular formula is C11H19N5O2. The molecule has 0 aliphatic carbocycles. The van der Waals surface area contributed by atoms with E-state index in [-0.39, 0.29) is 5.82 Å². The molecule has 7 heteroatoms. The van der Waals surface area contributed by atoms with Crippen LogP contribution in [0.25, 0.3) is 0 Å². The van der Waals surface area contributed by atoms with Gasteiger partial charge in [-0.1, -0.05) is 0 Å². The summed E-state index contributed by atoms with van der Waals surface area (Å²) in [5.41, 5.74) is 0. The summed E-state index contributed by atoms with van der Waals surface area (Å²) in [7, 11) is 3.98. The van der Waals surface area contributed by atoms with Crippen LogP contribution in [0.5, 0.6) is 0 Å². The van der Waals surface area contributed by atoms with Gasteiger partial charge in [-0.15, -0.1) is 0 Å². The highest BCUT2D eigenvalue weighted by Crippen LogP contribution is 2.28. The summed E-state index contributed by atoms with van der Waals surface area (Å²) >= 11 is 0. The highest BCUT2D eigenvalue weighted by Gasteiger charge is 2.28. The maximum absolute atomic E-state index is 11.0. The molecule has 1 aliphatic heterocycles. The second-order valence-corrected chi connectivity index (χ2v) is 4.90. The van der Waals surface area contributed by atoms with Gasteiger partial charge >= 0.3 is 5.82 Å². The highest BCUT2D eigenvalue weighted by atomic mass is 16.6. The predicted octanol–water partition coefficient (Wildman–Crippen LogP) is 1.16. The number of rotatable bonds is 3. The fourth-order valence-corrected chi connectivity index (χ4v) is 2.40. The van der Waals surface area contributed by atoms with Crippen LogP contribution in [0.3, 0.4) is 0 Å². The Labute approximate surface area is 106 Å². The van der Waals surface area contributed by atoms with Gasteiger partial charge < -0.3 is 19.9 Å². The van der Waals surface area contributed by atoms with Crippen LogP contribution in [0.15, 0.2) is 0 Å². The van der Waals surface area contributed by atoms with E-state index in [1.54, 1.807) is 6.92 Å². The zero-order chi connectivity index (χ0) is 13.3. The fourth-order valence-electron chi connectivity index (χ4n) is 2.40. The Balaban J connectivity index is 2.18. The number of aryl methyl sites for hydroxylation is 1. The summed E-state index contributed by atoms with van der Waals surface area (Å²) in [4.78, 5) is 21.7. The van der Waals surface area contributed by atoms with Crippen LogP contribution >= 0.6 is 0 Å². The Morgan fingerprint density at radius 3 is 2.67 bits per heavy atom. The molecule has 2 heterocycles. The zero-order valence-corrected chi connectivity index (χ0v) is 11.0. The van der Waals surface area contributed by atoms with Crippen molar-refractivity contribution >= 4 is 11.6 Å². The van der Waals surface area contributed by atoms with Crippen LogP contribution in [0.1, 0.15) is 18.7 Å². The smallest absolute Gasteiger partial charge is 0.358 e. The third kappa shape index (κ3) is 2.45. The summed E-state index contributed by atoms with van der Waals surface area (Å²) in [5.74, 6) is 1.03. The van der Waals surface area contributed by atoms with E-state index in [9.17, 15) is 10.1 Å². The lowest BCUT2D eigenvalue weighted by Crippen LogP contribution is -2.42. The number of nitrogens with one attached hydrogen (secondary N) is 1. The van der Waals surface area contributed by atoms with Crippen molar-refractivity contribution in [3.8, 4) is 0 Å². The first kappa shape index (κ1) is 12.8. The van der Waals surface area contributed by atoms with Gasteiger partial charge in [0, 0.05) is 20.0 Å². The lowest BCUT2D eigenvalue weighted by atomic mass is 10.0. The number of imidazole rings is 1. The lowest BCUT2D eigenvalue weighted by Gasteiger charge is -2.34. The highest BCUT2D eigenvalue weighted by molar-refractivity contribution is 5.54. The SMILES string of the molecule is Cc1nc(N(C)C2CCN(C)CC2)c([N+](=O)[O-])[nH]1. The van der Waals surface area contributed by atoms with Gasteiger partial charge in [0.15, 0.2) is 5.82 Å². The molecule has 0 unspecified atom stereocenters. The van der Waals surface area contributed by atoms with Crippen LogP contribution in [-0.4, -0.2) is 53.0 Å². The predicted molar refractivity (Wildman–Crippen MR) is 68.9 cm³/mol. The summed E-state index contributed by atoms with van der Waals surface area (Å²) in [6.07, 6.45) is 2.02. The van der Waals surface area contributed by atoms with E-state index < -0.39 is 4.92 Å². The van der Waals surface area contributed by atoms with E-state index in [4.69, 9.17) is 0 Å². The van der Waals surface area contributed by atoms with Crippen LogP contribution in [0, 0.1) is 17.0 Å². The molecule has 18 heavy (non-hydrogen) atoms. The number of nitro groups is 1. The Hall–Kier alpha value is -1.63. The fraction of sp³-hybridized carbons (Fsp3) is 0.727. The number of nitrogens with zero attached hydrogens (tertiary/aromatic N) is 4. The Bertz CT molecular complexity index is 437. The maximum atomic E-state index is 11.0. The monoisotopic (exact) mass is 253 g/mol. The van der Waals surface area contributed by atoms with Crippen molar-refractivity contribution < 1.29 is 4.92 Å². The molecule has 0 amide bonds. The lowest BCUT2D eigenvalue weighted by molar-refractivity contribution is -0.388. The molecule has 1 saturated heterocycles. The van der Waals surface area contributed by atoms with Gasteiger partial charge in [0.25, 0.3) is 0 Å². The van der Waals surface area contributed by atoms with Crippen molar-refractivity contribution in [1.29, 1.82) is 0 Å². The minimum Gasteiger partial charge on any atom is -0.358 e. The van der Waals surface area contributed by atoms with Crippen LogP contribution in [0.4, 0.5) is 11.6 Å². The zero-order valence-electron chi connectivity index (χ0n) is 11.0. The largest absolute Gasteiger partial charge is 0.365 e. The van der Waals surface area contributed by atoms with Gasteiger partial charge in [0.1, 0.15) is 0 Å². The quantitative estimate of drug-likeness (QED) is 0.646. The average molecular weight is 253 g/mol. The maximum Gasteiger partial charge on any atom is 0.365 e. The molecule has 0 atom stereocenters. The summed E-state index contributed by atoms with van der Waals surface area (Å²) < 4.78 is 0. The Morgan fingerprint density at radius 2 is 2.11 bits per heavy atom. The van der Waals surface area contributed by atoms with Gasteiger partial charge in [0.2, 0.25) is 5.82 Å². The summed E-state index contributed by atoms with van der Waals surface area (Å²) in [6, 6.07) is 0.322. The van der Waals surface area contributed by atoms with Crippen molar-refractivity contribution in [2.75, 3.05) is 32.1 Å². The Kier molecular flexibility index (Phi) is 3.51. The number of aromatic amines is 1. The van der Waals surface area contributed by atoms with E-state index in [1.165, 1.54) is 0 Å².